The van der Waals surface area contributed by atoms with Gasteiger partial charge in [0.05, 0.1) is 6.04 Å². The Kier molecular flexibility index (Phi) is 3.99. The maximum Gasteiger partial charge on any atom is 0.246 e. The van der Waals surface area contributed by atoms with E-state index in [4.69, 9.17) is 17.3 Å². The van der Waals surface area contributed by atoms with Gasteiger partial charge in [0.15, 0.2) is 0 Å². The van der Waals surface area contributed by atoms with Crippen molar-refractivity contribution in [2.45, 2.75) is 25.3 Å². The summed E-state index contributed by atoms with van der Waals surface area (Å²) in [4.78, 5) is 24.7. The average Bonchev–Trinajstić information content (AvgIpc) is 2.36. The van der Waals surface area contributed by atoms with Gasteiger partial charge in [0.25, 0.3) is 0 Å². The Labute approximate surface area is 111 Å². The third-order valence-corrected chi connectivity index (χ3v) is 3.34. The Morgan fingerprint density at radius 1 is 1.28 bits per heavy atom. The number of amides is 2. The van der Waals surface area contributed by atoms with Crippen molar-refractivity contribution in [1.29, 1.82) is 0 Å². The van der Waals surface area contributed by atoms with E-state index in [1.54, 1.807) is 12.1 Å². The van der Waals surface area contributed by atoms with E-state index < -0.39 is 6.04 Å². The van der Waals surface area contributed by atoms with Crippen LogP contribution in [0.4, 0.5) is 0 Å². The summed E-state index contributed by atoms with van der Waals surface area (Å²) < 4.78 is 0. The fraction of sp³-hybridized carbons (Fsp3) is 0.385. The summed E-state index contributed by atoms with van der Waals surface area (Å²) >= 11 is 5.79. The fourth-order valence-corrected chi connectivity index (χ4v) is 2.11. The molecule has 1 heterocycles. The molecule has 5 heteroatoms. The molecule has 1 unspecified atom stereocenters. The zero-order valence-electron chi connectivity index (χ0n) is 9.93. The maximum absolute atomic E-state index is 11.8. The predicted molar refractivity (Wildman–Crippen MR) is 69.1 cm³/mol. The van der Waals surface area contributed by atoms with Crippen molar-refractivity contribution >= 4 is 23.4 Å². The summed E-state index contributed by atoms with van der Waals surface area (Å²) in [5, 5.41) is 0.672. The van der Waals surface area contributed by atoms with Gasteiger partial charge in [-0.05, 0) is 30.5 Å². The summed E-state index contributed by atoms with van der Waals surface area (Å²) in [6, 6.07) is 6.83. The van der Waals surface area contributed by atoms with E-state index in [0.29, 0.717) is 30.8 Å². The van der Waals surface area contributed by atoms with E-state index in [0.717, 1.165) is 5.56 Å². The molecule has 2 rings (SSSR count). The molecule has 1 fully saturated rings. The van der Waals surface area contributed by atoms with Crippen LogP contribution in [0.1, 0.15) is 18.4 Å². The molecule has 1 saturated heterocycles. The van der Waals surface area contributed by atoms with Crippen LogP contribution in [-0.2, 0) is 16.0 Å². The van der Waals surface area contributed by atoms with Gasteiger partial charge >= 0.3 is 0 Å². The number of hydrogen-bond acceptors (Lipinski definition) is 3. The first-order valence-electron chi connectivity index (χ1n) is 5.92. The first-order chi connectivity index (χ1) is 8.58. The molecule has 2 N–H and O–H groups in total. The summed E-state index contributed by atoms with van der Waals surface area (Å²) in [6.45, 7) is 0.382. The summed E-state index contributed by atoms with van der Waals surface area (Å²) in [7, 11) is 0. The number of nitrogens with two attached hydrogens (primary N) is 1. The molecule has 96 valence electrons. The zero-order valence-corrected chi connectivity index (χ0v) is 10.7. The number of benzene rings is 1. The molecular weight excluding hydrogens is 252 g/mol. The fourth-order valence-electron chi connectivity index (χ4n) is 1.99. The van der Waals surface area contributed by atoms with Crippen molar-refractivity contribution in [2.75, 3.05) is 6.54 Å². The van der Waals surface area contributed by atoms with Gasteiger partial charge in [-0.25, -0.2) is 0 Å². The lowest BCUT2D eigenvalue weighted by Crippen LogP contribution is -2.51. The van der Waals surface area contributed by atoms with Crippen LogP contribution in [-0.4, -0.2) is 29.3 Å². The minimum Gasteiger partial charge on any atom is -0.320 e. The predicted octanol–water partition coefficient (Wildman–Crippen LogP) is 1.36. The van der Waals surface area contributed by atoms with Crippen LogP contribution in [0.2, 0.25) is 5.02 Å². The van der Waals surface area contributed by atoms with Crippen molar-refractivity contribution < 1.29 is 9.59 Å². The normalized spacial score (nSPS) is 20.3. The standard InChI is InChI=1S/C13H15ClN2O2/c14-10-3-1-9(2-4-10)7-8-16-12(17)6-5-11(15)13(16)18/h1-4,11H,5-8,15H2. The molecule has 0 radical (unpaired) electrons. The van der Waals surface area contributed by atoms with E-state index in [1.165, 1.54) is 4.90 Å². The maximum atomic E-state index is 11.8. The van der Waals surface area contributed by atoms with Crippen molar-refractivity contribution in [3.8, 4) is 0 Å². The van der Waals surface area contributed by atoms with E-state index in [9.17, 15) is 9.59 Å². The van der Waals surface area contributed by atoms with Crippen LogP contribution in [0.25, 0.3) is 0 Å². The second-order valence-electron chi connectivity index (χ2n) is 4.41. The van der Waals surface area contributed by atoms with Gasteiger partial charge in [-0.1, -0.05) is 23.7 Å². The molecule has 0 aliphatic carbocycles. The van der Waals surface area contributed by atoms with Crippen LogP contribution in [0.5, 0.6) is 0 Å². The summed E-state index contributed by atoms with van der Waals surface area (Å²) in [6.07, 6.45) is 1.43. The minimum atomic E-state index is -0.534. The Bertz CT molecular complexity index is 459. The highest BCUT2D eigenvalue weighted by atomic mass is 35.5. The van der Waals surface area contributed by atoms with E-state index in [-0.39, 0.29) is 11.8 Å². The molecule has 18 heavy (non-hydrogen) atoms. The Morgan fingerprint density at radius 3 is 2.61 bits per heavy atom. The largest absolute Gasteiger partial charge is 0.320 e. The SMILES string of the molecule is NC1CCC(=O)N(CCc2ccc(Cl)cc2)C1=O. The van der Waals surface area contributed by atoms with Gasteiger partial charge in [-0.15, -0.1) is 0 Å². The number of piperidine rings is 1. The van der Waals surface area contributed by atoms with Crippen LogP contribution in [0.3, 0.4) is 0 Å². The first kappa shape index (κ1) is 13.1. The highest BCUT2D eigenvalue weighted by molar-refractivity contribution is 6.30. The van der Waals surface area contributed by atoms with Crippen molar-refractivity contribution in [3.05, 3.63) is 34.9 Å². The van der Waals surface area contributed by atoms with Gasteiger partial charge in [0.2, 0.25) is 11.8 Å². The third kappa shape index (κ3) is 2.89. The van der Waals surface area contributed by atoms with Crippen molar-refractivity contribution in [3.63, 3.8) is 0 Å². The molecule has 1 aromatic rings. The molecule has 0 spiro atoms. The van der Waals surface area contributed by atoms with Crippen LogP contribution >= 0.6 is 11.6 Å². The van der Waals surface area contributed by atoms with Crippen molar-refractivity contribution in [1.82, 2.24) is 4.90 Å². The van der Waals surface area contributed by atoms with Crippen LogP contribution in [0, 0.1) is 0 Å². The topological polar surface area (TPSA) is 63.4 Å². The van der Waals surface area contributed by atoms with Gasteiger partial charge < -0.3 is 5.73 Å². The van der Waals surface area contributed by atoms with E-state index in [2.05, 4.69) is 0 Å². The van der Waals surface area contributed by atoms with Crippen LogP contribution < -0.4 is 5.73 Å². The molecule has 4 nitrogen and oxygen atoms in total. The number of nitrogens with zero attached hydrogens (tertiary/aromatic N) is 1. The number of halogens is 1. The number of carbonyl (C=O) groups is 2. The number of hydrogen-bond donors (Lipinski definition) is 1. The number of likely N-dealkylation sites (tertiary alicyclic amines) is 1. The number of imide groups is 1. The minimum absolute atomic E-state index is 0.129. The molecule has 0 aromatic heterocycles. The van der Waals surface area contributed by atoms with Gasteiger partial charge in [0, 0.05) is 18.0 Å². The van der Waals surface area contributed by atoms with E-state index >= 15 is 0 Å². The Hall–Kier alpha value is -1.39. The van der Waals surface area contributed by atoms with Gasteiger partial charge in [-0.3, -0.25) is 14.5 Å². The van der Waals surface area contributed by atoms with Gasteiger partial charge in [0.1, 0.15) is 0 Å². The van der Waals surface area contributed by atoms with Gasteiger partial charge in [-0.2, -0.15) is 0 Å². The highest BCUT2D eigenvalue weighted by Gasteiger charge is 2.31. The highest BCUT2D eigenvalue weighted by Crippen LogP contribution is 2.14. The molecule has 1 aromatic carbocycles. The quantitative estimate of drug-likeness (QED) is 0.840. The Balaban J connectivity index is 1.98. The third-order valence-electron chi connectivity index (χ3n) is 3.09. The smallest absolute Gasteiger partial charge is 0.246 e. The van der Waals surface area contributed by atoms with Crippen LogP contribution in [0.15, 0.2) is 24.3 Å². The molecule has 0 bridgehead atoms. The zero-order chi connectivity index (χ0) is 13.1. The molecule has 0 saturated carbocycles. The average molecular weight is 267 g/mol. The number of carbonyl (C=O) groups excluding carboxylic acids is 2. The summed E-state index contributed by atoms with van der Waals surface area (Å²) in [5.74, 6) is -0.393. The second-order valence-corrected chi connectivity index (χ2v) is 4.84. The first-order valence-corrected chi connectivity index (χ1v) is 6.30. The summed E-state index contributed by atoms with van der Waals surface area (Å²) in [5.41, 5.74) is 6.70. The molecular formula is C13H15ClN2O2. The number of rotatable bonds is 3. The Morgan fingerprint density at radius 2 is 1.94 bits per heavy atom. The lowest BCUT2D eigenvalue weighted by molar-refractivity contribution is -0.149. The lowest BCUT2D eigenvalue weighted by atomic mass is 10.0. The lowest BCUT2D eigenvalue weighted by Gasteiger charge is -2.28. The molecule has 1 aliphatic heterocycles. The molecule has 1 aliphatic rings. The monoisotopic (exact) mass is 266 g/mol. The molecule has 1 atom stereocenters. The van der Waals surface area contributed by atoms with Crippen molar-refractivity contribution in [2.24, 2.45) is 5.73 Å². The second kappa shape index (κ2) is 5.50. The molecule has 2 amide bonds. The van der Waals surface area contributed by atoms with E-state index in [1.807, 2.05) is 12.1 Å².